The third kappa shape index (κ3) is 6.82. The van der Waals surface area contributed by atoms with Crippen LogP contribution >= 0.6 is 7.60 Å². The second-order valence-corrected chi connectivity index (χ2v) is 7.20. The fourth-order valence-electron chi connectivity index (χ4n) is 1.84. The zero-order valence-corrected chi connectivity index (χ0v) is 13.0. The Labute approximate surface area is 123 Å². The molecule has 0 aliphatic carbocycles. The lowest BCUT2D eigenvalue weighted by Gasteiger charge is -2.13. The first-order valence-corrected chi connectivity index (χ1v) is 8.32. The number of carbonyl (C=O) groups is 1. The second-order valence-electron chi connectivity index (χ2n) is 5.14. The first-order valence-electron chi connectivity index (χ1n) is 6.64. The van der Waals surface area contributed by atoms with Crippen molar-refractivity contribution in [2.75, 3.05) is 6.54 Å². The number of carbonyl (C=O) groups excluding carboxylic acids is 1. The van der Waals surface area contributed by atoms with Crippen LogP contribution in [0.4, 0.5) is 0 Å². The van der Waals surface area contributed by atoms with Crippen molar-refractivity contribution in [1.29, 1.82) is 0 Å². The van der Waals surface area contributed by atoms with E-state index in [-0.39, 0.29) is 18.9 Å². The normalized spacial score (nSPS) is 14.5. The molecule has 0 aliphatic rings. The van der Waals surface area contributed by atoms with Gasteiger partial charge >= 0.3 is 7.60 Å². The molecule has 0 bridgehead atoms. The third-order valence-electron chi connectivity index (χ3n) is 3.03. The van der Waals surface area contributed by atoms with Crippen molar-refractivity contribution >= 4 is 13.5 Å². The maximum atomic E-state index is 11.2. The number of aliphatic hydroxyl groups is 1. The summed E-state index contributed by atoms with van der Waals surface area (Å²) in [6.07, 6.45) is 3.02. The van der Waals surface area contributed by atoms with Crippen LogP contribution in [0.5, 0.6) is 0 Å². The Hall–Kier alpha value is -1.27. The Kier molecular flexibility index (Phi) is 6.48. The van der Waals surface area contributed by atoms with Crippen LogP contribution in [0.25, 0.3) is 0 Å². The van der Waals surface area contributed by atoms with Crippen LogP contribution in [0.1, 0.15) is 19.4 Å². The van der Waals surface area contributed by atoms with Gasteiger partial charge < -0.3 is 20.2 Å². The fraction of sp³-hybridized carbons (Fsp3) is 0.538. The van der Waals surface area contributed by atoms with E-state index in [2.05, 4.69) is 5.32 Å². The Morgan fingerprint density at radius 2 is 2.14 bits per heavy atom. The highest BCUT2D eigenvalue weighted by atomic mass is 31.2. The van der Waals surface area contributed by atoms with Crippen LogP contribution in [0, 0.1) is 0 Å². The number of aromatic nitrogens is 1. The average molecular weight is 317 g/mol. The molecule has 8 heteroatoms. The van der Waals surface area contributed by atoms with Crippen molar-refractivity contribution in [3.05, 3.63) is 30.1 Å². The Balaban J connectivity index is 2.64. The van der Waals surface area contributed by atoms with E-state index in [1.165, 1.54) is 13.8 Å². The predicted molar refractivity (Wildman–Crippen MR) is 76.5 cm³/mol. The van der Waals surface area contributed by atoms with Crippen LogP contribution in [0.15, 0.2) is 24.5 Å². The van der Waals surface area contributed by atoms with Gasteiger partial charge in [0.15, 0.2) is 18.9 Å². The van der Waals surface area contributed by atoms with Crippen molar-refractivity contribution in [3.63, 3.8) is 0 Å². The summed E-state index contributed by atoms with van der Waals surface area (Å²) in [5.41, 5.74) is 0.0257. The molecule has 2 atom stereocenters. The molecule has 0 saturated heterocycles. The summed E-state index contributed by atoms with van der Waals surface area (Å²) < 4.78 is 12.9. The molecule has 21 heavy (non-hydrogen) atoms. The summed E-state index contributed by atoms with van der Waals surface area (Å²) in [5, 5.41) is 12.3. The first kappa shape index (κ1) is 17.8. The molecule has 0 spiro atoms. The highest BCUT2D eigenvalue weighted by Crippen LogP contribution is 2.42. The lowest BCUT2D eigenvalue weighted by molar-refractivity contribution is -0.703. The zero-order chi connectivity index (χ0) is 16.0. The molecular weight excluding hydrogens is 295 g/mol. The molecule has 1 aromatic rings. The molecule has 118 valence electrons. The number of nitrogens with zero attached hydrogens (tertiary/aromatic N) is 1. The Morgan fingerprint density at radius 3 is 2.71 bits per heavy atom. The highest BCUT2D eigenvalue weighted by Gasteiger charge is 2.24. The minimum Gasteiger partial charge on any atom is -0.385 e. The zero-order valence-electron chi connectivity index (χ0n) is 12.1. The van der Waals surface area contributed by atoms with Gasteiger partial charge in [0.05, 0.1) is 5.66 Å². The van der Waals surface area contributed by atoms with E-state index >= 15 is 0 Å². The maximum absolute atomic E-state index is 11.2. The van der Waals surface area contributed by atoms with E-state index < -0.39 is 19.4 Å². The summed E-state index contributed by atoms with van der Waals surface area (Å²) in [6.45, 7) is 3.33. The van der Waals surface area contributed by atoms with Gasteiger partial charge in [0.2, 0.25) is 5.91 Å². The lowest BCUT2D eigenvalue weighted by atomic mass is 10.1. The van der Waals surface area contributed by atoms with E-state index in [0.717, 1.165) is 5.56 Å². The molecule has 4 N–H and O–H groups in total. The number of amides is 1. The third-order valence-corrected chi connectivity index (χ3v) is 4.36. The highest BCUT2D eigenvalue weighted by molar-refractivity contribution is 7.52. The summed E-state index contributed by atoms with van der Waals surface area (Å²) in [7, 11) is -4.09. The van der Waals surface area contributed by atoms with Gasteiger partial charge in [0, 0.05) is 25.1 Å². The van der Waals surface area contributed by atoms with Gasteiger partial charge in [-0.3, -0.25) is 9.36 Å². The number of pyridine rings is 1. The van der Waals surface area contributed by atoms with E-state index in [0.29, 0.717) is 6.54 Å². The van der Waals surface area contributed by atoms with E-state index in [1.54, 1.807) is 29.1 Å². The van der Waals surface area contributed by atoms with Gasteiger partial charge in [-0.15, -0.1) is 0 Å². The second kappa shape index (κ2) is 7.66. The monoisotopic (exact) mass is 317 g/mol. The molecule has 2 unspecified atom stereocenters. The average Bonchev–Trinajstić information content (AvgIpc) is 2.35. The number of nitrogens with one attached hydrogen (secondary N) is 1. The summed E-state index contributed by atoms with van der Waals surface area (Å²) in [4.78, 5) is 29.0. The van der Waals surface area contributed by atoms with Crippen molar-refractivity contribution in [3.8, 4) is 0 Å². The van der Waals surface area contributed by atoms with Gasteiger partial charge in [-0.2, -0.15) is 0 Å². The summed E-state index contributed by atoms with van der Waals surface area (Å²) in [5.74, 6) is -0.205. The number of hydrogen-bond donors (Lipinski definition) is 4. The SMILES string of the molecule is CC(=O)NCC(O)C[n+]1cccc(CC(C)P(=O)(O)O)c1. The molecule has 1 heterocycles. The standard InChI is InChI=1S/C13H21N2O5P/c1-10(21(18,19)20)6-12-4-3-5-15(8-12)9-13(17)7-14-11(2)16/h3-5,8,10,13,17H,6-7,9H2,1-2H3,(H2-,14,16,18,19,20)/p+1. The number of hydrogen-bond acceptors (Lipinski definition) is 3. The topological polar surface area (TPSA) is 111 Å². The van der Waals surface area contributed by atoms with Crippen LogP contribution in [-0.2, 0) is 22.3 Å². The van der Waals surface area contributed by atoms with Crippen molar-refractivity contribution in [2.45, 2.75) is 38.6 Å². The van der Waals surface area contributed by atoms with Gasteiger partial charge in [-0.1, -0.05) is 6.92 Å². The van der Waals surface area contributed by atoms with Crippen molar-refractivity contribution in [1.82, 2.24) is 5.32 Å². The Bertz CT molecular complexity index is 531. The molecular formula is C13H22N2O5P+. The lowest BCUT2D eigenvalue weighted by Crippen LogP contribution is -2.44. The molecule has 1 amide bonds. The minimum absolute atomic E-state index is 0.158. The molecule has 0 aromatic carbocycles. The van der Waals surface area contributed by atoms with Crippen molar-refractivity contribution in [2.24, 2.45) is 0 Å². The van der Waals surface area contributed by atoms with Gasteiger partial charge in [-0.05, 0) is 12.5 Å². The largest absolute Gasteiger partial charge is 0.385 e. The van der Waals surface area contributed by atoms with E-state index in [1.807, 2.05) is 0 Å². The quantitative estimate of drug-likeness (QED) is 0.403. The molecule has 0 fully saturated rings. The molecule has 0 radical (unpaired) electrons. The summed E-state index contributed by atoms with van der Waals surface area (Å²) >= 11 is 0. The van der Waals surface area contributed by atoms with Gasteiger partial charge in [0.1, 0.15) is 6.10 Å². The molecule has 1 aromatic heterocycles. The number of rotatable bonds is 7. The molecule has 1 rings (SSSR count). The van der Waals surface area contributed by atoms with Crippen LogP contribution in [0.3, 0.4) is 0 Å². The molecule has 7 nitrogen and oxygen atoms in total. The van der Waals surface area contributed by atoms with E-state index in [9.17, 15) is 14.5 Å². The van der Waals surface area contributed by atoms with Crippen molar-refractivity contribution < 1.29 is 28.8 Å². The van der Waals surface area contributed by atoms with Crippen LogP contribution in [0.2, 0.25) is 0 Å². The maximum Gasteiger partial charge on any atom is 0.328 e. The fourth-order valence-corrected chi connectivity index (χ4v) is 2.29. The first-order chi connectivity index (χ1) is 9.68. The van der Waals surface area contributed by atoms with Gasteiger partial charge in [0.25, 0.3) is 0 Å². The van der Waals surface area contributed by atoms with E-state index in [4.69, 9.17) is 9.79 Å². The molecule has 0 aliphatic heterocycles. The summed E-state index contributed by atoms with van der Waals surface area (Å²) in [6, 6.07) is 3.54. The number of aliphatic hydroxyl groups excluding tert-OH is 1. The predicted octanol–water partition coefficient (Wildman–Crippen LogP) is -0.420. The van der Waals surface area contributed by atoms with Crippen LogP contribution in [-0.4, -0.2) is 39.1 Å². The molecule has 0 saturated carbocycles. The Morgan fingerprint density at radius 1 is 1.48 bits per heavy atom. The van der Waals surface area contributed by atoms with Gasteiger partial charge in [-0.25, -0.2) is 4.57 Å². The van der Waals surface area contributed by atoms with Crippen LogP contribution < -0.4 is 9.88 Å². The minimum atomic E-state index is -4.09. The smallest absolute Gasteiger partial charge is 0.328 e.